The van der Waals surface area contributed by atoms with E-state index in [0.717, 1.165) is 24.0 Å². The number of nitrogens with two attached hydrogens (primary N) is 1. The highest BCUT2D eigenvalue weighted by atomic mass is 19.1. The Bertz CT molecular complexity index is 581. The zero-order chi connectivity index (χ0) is 16.7. The van der Waals surface area contributed by atoms with Crippen molar-refractivity contribution in [1.82, 2.24) is 5.32 Å². The van der Waals surface area contributed by atoms with Crippen molar-refractivity contribution >= 4 is 5.91 Å². The van der Waals surface area contributed by atoms with Crippen LogP contribution < -0.4 is 11.1 Å². The molecule has 0 saturated heterocycles. The van der Waals surface area contributed by atoms with E-state index in [1.54, 1.807) is 24.3 Å². The fourth-order valence-electron chi connectivity index (χ4n) is 2.52. The first kappa shape index (κ1) is 17.1. The molecule has 0 aromatic heterocycles. The highest BCUT2D eigenvalue weighted by Crippen LogP contribution is 2.29. The predicted molar refractivity (Wildman–Crippen MR) is 85.9 cm³/mol. The SMILES string of the molecule is NCC(=O)NCCCC(c1ccc(F)cc1)c1ccc(F)cc1. The van der Waals surface area contributed by atoms with Crippen molar-refractivity contribution in [3.05, 3.63) is 71.3 Å². The zero-order valence-electron chi connectivity index (χ0n) is 12.8. The molecule has 122 valence electrons. The van der Waals surface area contributed by atoms with Gasteiger partial charge in [0.15, 0.2) is 0 Å². The number of hydrogen-bond acceptors (Lipinski definition) is 2. The van der Waals surface area contributed by atoms with E-state index < -0.39 is 0 Å². The van der Waals surface area contributed by atoms with E-state index in [9.17, 15) is 13.6 Å². The number of halogens is 2. The Morgan fingerprint density at radius 1 is 0.957 bits per heavy atom. The molecule has 0 bridgehead atoms. The van der Waals surface area contributed by atoms with Crippen LogP contribution in [0.3, 0.4) is 0 Å². The average molecular weight is 318 g/mol. The van der Waals surface area contributed by atoms with Crippen LogP contribution in [0.1, 0.15) is 29.9 Å². The summed E-state index contributed by atoms with van der Waals surface area (Å²) in [5.41, 5.74) is 7.16. The van der Waals surface area contributed by atoms with Gasteiger partial charge in [-0.15, -0.1) is 0 Å². The van der Waals surface area contributed by atoms with Gasteiger partial charge < -0.3 is 11.1 Å². The van der Waals surface area contributed by atoms with Gasteiger partial charge in [0, 0.05) is 12.5 Å². The van der Waals surface area contributed by atoms with Gasteiger partial charge in [-0.1, -0.05) is 24.3 Å². The van der Waals surface area contributed by atoms with Gasteiger partial charge in [-0.2, -0.15) is 0 Å². The molecule has 0 unspecified atom stereocenters. The second-order valence-electron chi connectivity index (χ2n) is 5.35. The van der Waals surface area contributed by atoms with Crippen molar-refractivity contribution < 1.29 is 13.6 Å². The zero-order valence-corrected chi connectivity index (χ0v) is 12.8. The third kappa shape index (κ3) is 5.14. The van der Waals surface area contributed by atoms with Gasteiger partial charge in [0.05, 0.1) is 6.54 Å². The van der Waals surface area contributed by atoms with E-state index in [2.05, 4.69) is 5.32 Å². The van der Waals surface area contributed by atoms with Crippen molar-refractivity contribution in [3.8, 4) is 0 Å². The van der Waals surface area contributed by atoms with E-state index in [1.807, 2.05) is 0 Å². The normalized spacial score (nSPS) is 10.8. The largest absolute Gasteiger partial charge is 0.355 e. The number of carbonyl (C=O) groups is 1. The minimum absolute atomic E-state index is 0.0194. The van der Waals surface area contributed by atoms with Crippen LogP contribution in [-0.2, 0) is 4.79 Å². The van der Waals surface area contributed by atoms with Crippen molar-refractivity contribution in [2.45, 2.75) is 18.8 Å². The van der Waals surface area contributed by atoms with Crippen molar-refractivity contribution in [3.63, 3.8) is 0 Å². The maximum absolute atomic E-state index is 13.1. The lowest BCUT2D eigenvalue weighted by atomic mass is 9.87. The Morgan fingerprint density at radius 3 is 1.87 bits per heavy atom. The second-order valence-corrected chi connectivity index (χ2v) is 5.35. The minimum Gasteiger partial charge on any atom is -0.355 e. The first-order chi connectivity index (χ1) is 11.1. The second kappa shape index (κ2) is 8.39. The first-order valence-electron chi connectivity index (χ1n) is 7.58. The molecular weight excluding hydrogens is 298 g/mol. The fourth-order valence-corrected chi connectivity index (χ4v) is 2.52. The van der Waals surface area contributed by atoms with Gasteiger partial charge in [0.1, 0.15) is 11.6 Å². The van der Waals surface area contributed by atoms with Gasteiger partial charge >= 0.3 is 0 Å². The number of nitrogens with one attached hydrogen (secondary N) is 1. The lowest BCUT2D eigenvalue weighted by Gasteiger charge is -2.18. The smallest absolute Gasteiger partial charge is 0.233 e. The van der Waals surface area contributed by atoms with Crippen LogP contribution in [0, 0.1) is 11.6 Å². The Kier molecular flexibility index (Phi) is 6.23. The fraction of sp³-hybridized carbons (Fsp3) is 0.278. The summed E-state index contributed by atoms with van der Waals surface area (Å²) in [5, 5.41) is 2.72. The molecule has 2 aromatic rings. The Labute approximate surface area is 134 Å². The molecule has 0 fully saturated rings. The highest BCUT2D eigenvalue weighted by Gasteiger charge is 2.14. The monoisotopic (exact) mass is 318 g/mol. The van der Waals surface area contributed by atoms with E-state index in [0.29, 0.717) is 6.54 Å². The molecule has 2 rings (SSSR count). The third-order valence-corrected chi connectivity index (χ3v) is 3.72. The van der Waals surface area contributed by atoms with E-state index >= 15 is 0 Å². The third-order valence-electron chi connectivity index (χ3n) is 3.72. The summed E-state index contributed by atoms with van der Waals surface area (Å²) in [7, 11) is 0. The standard InChI is InChI=1S/C18H20F2N2O/c19-15-7-3-13(4-8-15)17(2-1-11-22-18(23)12-21)14-5-9-16(20)10-6-14/h3-10,17H,1-2,11-12,21H2,(H,22,23). The van der Waals surface area contributed by atoms with Gasteiger partial charge in [-0.3, -0.25) is 4.79 Å². The molecule has 0 aliphatic heterocycles. The minimum atomic E-state index is -0.290. The molecule has 0 radical (unpaired) electrons. The highest BCUT2D eigenvalue weighted by molar-refractivity contribution is 5.77. The van der Waals surface area contributed by atoms with Gasteiger partial charge in [-0.25, -0.2) is 8.78 Å². The maximum Gasteiger partial charge on any atom is 0.233 e. The van der Waals surface area contributed by atoms with Crippen LogP contribution in [0.2, 0.25) is 0 Å². The van der Waals surface area contributed by atoms with E-state index in [1.165, 1.54) is 24.3 Å². The topological polar surface area (TPSA) is 55.1 Å². The van der Waals surface area contributed by atoms with Gasteiger partial charge in [-0.05, 0) is 48.2 Å². The molecular formula is C18H20F2N2O. The lowest BCUT2D eigenvalue weighted by Crippen LogP contribution is -2.31. The molecule has 0 saturated carbocycles. The van der Waals surface area contributed by atoms with Crippen molar-refractivity contribution in [2.24, 2.45) is 5.73 Å². The maximum atomic E-state index is 13.1. The molecule has 0 aliphatic rings. The van der Waals surface area contributed by atoms with Crippen LogP contribution >= 0.6 is 0 Å². The number of amides is 1. The quantitative estimate of drug-likeness (QED) is 0.771. The van der Waals surface area contributed by atoms with Crippen molar-refractivity contribution in [2.75, 3.05) is 13.1 Å². The molecule has 3 N–H and O–H groups in total. The number of rotatable bonds is 7. The molecule has 2 aromatic carbocycles. The van der Waals surface area contributed by atoms with Crippen LogP contribution in [0.15, 0.2) is 48.5 Å². The van der Waals surface area contributed by atoms with E-state index in [4.69, 9.17) is 5.73 Å². The molecule has 1 amide bonds. The summed E-state index contributed by atoms with van der Waals surface area (Å²) >= 11 is 0. The van der Waals surface area contributed by atoms with Crippen molar-refractivity contribution in [1.29, 1.82) is 0 Å². The Hall–Kier alpha value is -2.27. The summed E-state index contributed by atoms with van der Waals surface area (Å²) in [6.07, 6.45) is 1.49. The molecule has 5 heteroatoms. The van der Waals surface area contributed by atoms with Gasteiger partial charge in [0.25, 0.3) is 0 Å². The average Bonchev–Trinajstić information content (AvgIpc) is 2.57. The molecule has 0 aliphatic carbocycles. The van der Waals surface area contributed by atoms with Gasteiger partial charge in [0.2, 0.25) is 5.91 Å². The summed E-state index contributed by atoms with van der Waals surface area (Å²) in [4.78, 5) is 11.2. The lowest BCUT2D eigenvalue weighted by molar-refractivity contribution is -0.119. The summed E-state index contributed by atoms with van der Waals surface area (Å²) in [6.45, 7) is 0.494. The number of carbonyl (C=O) groups excluding carboxylic acids is 1. The molecule has 23 heavy (non-hydrogen) atoms. The van der Waals surface area contributed by atoms with Crippen LogP contribution in [0.25, 0.3) is 0 Å². The summed E-state index contributed by atoms with van der Waals surface area (Å²) < 4.78 is 26.3. The van der Waals surface area contributed by atoms with Crippen LogP contribution in [-0.4, -0.2) is 19.0 Å². The summed E-state index contributed by atoms with van der Waals surface area (Å²) in [6, 6.07) is 12.6. The molecule has 0 spiro atoms. The summed E-state index contributed by atoms with van der Waals surface area (Å²) in [5.74, 6) is -0.750. The number of hydrogen-bond donors (Lipinski definition) is 2. The molecule has 0 atom stereocenters. The first-order valence-corrected chi connectivity index (χ1v) is 7.58. The van der Waals surface area contributed by atoms with E-state index in [-0.39, 0.29) is 30.0 Å². The van der Waals surface area contributed by atoms with Crippen LogP contribution in [0.5, 0.6) is 0 Å². The van der Waals surface area contributed by atoms with Crippen LogP contribution in [0.4, 0.5) is 8.78 Å². The molecule has 3 nitrogen and oxygen atoms in total. The molecule has 0 heterocycles. The Balaban J connectivity index is 2.10. The Morgan fingerprint density at radius 2 is 1.43 bits per heavy atom. The number of benzene rings is 2. The predicted octanol–water partition coefficient (Wildman–Crippen LogP) is 2.95.